The summed E-state index contributed by atoms with van der Waals surface area (Å²) in [5.41, 5.74) is 3.56. The molecule has 106 valence electrons. The molecule has 0 saturated heterocycles. The lowest BCUT2D eigenvalue weighted by Crippen LogP contribution is -2.06. The van der Waals surface area contributed by atoms with Gasteiger partial charge in [-0.15, -0.1) is 11.3 Å². The zero-order chi connectivity index (χ0) is 14.2. The van der Waals surface area contributed by atoms with Crippen LogP contribution in [0.4, 0.5) is 5.69 Å². The number of hydrogen-bond donors (Lipinski definition) is 1. The van der Waals surface area contributed by atoms with Crippen molar-refractivity contribution in [3.05, 3.63) is 63.6 Å². The van der Waals surface area contributed by atoms with Crippen LogP contribution < -0.4 is 5.32 Å². The first-order chi connectivity index (χ1) is 10.3. The molecule has 0 fully saturated rings. The van der Waals surface area contributed by atoms with Crippen LogP contribution in [0.15, 0.2) is 48.8 Å². The fourth-order valence-electron chi connectivity index (χ4n) is 2.81. The van der Waals surface area contributed by atoms with Gasteiger partial charge in [-0.1, -0.05) is 11.6 Å². The smallest absolute Gasteiger partial charge is 0.0934 e. The third-order valence-electron chi connectivity index (χ3n) is 3.82. The van der Waals surface area contributed by atoms with Crippen LogP contribution in [0.5, 0.6) is 0 Å². The van der Waals surface area contributed by atoms with Crippen molar-refractivity contribution >= 4 is 28.6 Å². The quantitative estimate of drug-likeness (QED) is 0.760. The lowest BCUT2D eigenvalue weighted by Gasteiger charge is -2.15. The summed E-state index contributed by atoms with van der Waals surface area (Å²) in [6.07, 6.45) is 5.99. The first-order valence-corrected chi connectivity index (χ1v) is 8.14. The lowest BCUT2D eigenvalue weighted by atomic mass is 10.1. The van der Waals surface area contributed by atoms with Gasteiger partial charge in [0.1, 0.15) is 0 Å². The maximum atomic E-state index is 6.11. The fourth-order valence-corrected chi connectivity index (χ4v) is 4.17. The van der Waals surface area contributed by atoms with Gasteiger partial charge in [-0.3, -0.25) is 0 Å². The van der Waals surface area contributed by atoms with Gasteiger partial charge in [0.15, 0.2) is 0 Å². The Labute approximate surface area is 132 Å². The normalized spacial score (nSPS) is 16.9. The molecule has 1 aliphatic carbocycles. The molecule has 2 heterocycles. The maximum Gasteiger partial charge on any atom is 0.0934 e. The Hall–Kier alpha value is -1.78. The van der Waals surface area contributed by atoms with E-state index in [1.54, 1.807) is 17.5 Å². The van der Waals surface area contributed by atoms with E-state index in [0.29, 0.717) is 6.04 Å². The van der Waals surface area contributed by atoms with Gasteiger partial charge in [0.2, 0.25) is 0 Å². The third-order valence-corrected chi connectivity index (χ3v) is 5.16. The van der Waals surface area contributed by atoms with E-state index in [9.17, 15) is 0 Å². The Kier molecular flexibility index (Phi) is 3.20. The molecule has 1 N–H and O–H groups in total. The van der Waals surface area contributed by atoms with Crippen LogP contribution in [-0.2, 0) is 6.42 Å². The molecule has 2 aromatic heterocycles. The molecule has 1 aromatic carbocycles. The van der Waals surface area contributed by atoms with Crippen LogP contribution in [0.25, 0.3) is 5.69 Å². The number of halogens is 1. The second-order valence-corrected chi connectivity index (χ2v) is 6.93. The number of aryl methyl sites for hydroxylation is 1. The van der Waals surface area contributed by atoms with Crippen LogP contribution in [0, 0.1) is 0 Å². The Morgan fingerprint density at radius 3 is 2.90 bits per heavy atom. The highest BCUT2D eigenvalue weighted by Crippen LogP contribution is 2.40. The van der Waals surface area contributed by atoms with Crippen molar-refractivity contribution in [1.29, 1.82) is 0 Å². The molecule has 1 aliphatic rings. The van der Waals surface area contributed by atoms with E-state index in [0.717, 1.165) is 28.6 Å². The number of rotatable bonds is 3. The third kappa shape index (κ3) is 2.45. The highest BCUT2D eigenvalue weighted by Gasteiger charge is 2.24. The molecule has 0 amide bonds. The second kappa shape index (κ2) is 5.20. The molecule has 0 bridgehead atoms. The molecule has 1 unspecified atom stereocenters. The number of nitrogens with one attached hydrogen (secondary N) is 1. The van der Waals surface area contributed by atoms with Crippen LogP contribution in [0.1, 0.15) is 22.9 Å². The highest BCUT2D eigenvalue weighted by molar-refractivity contribution is 7.16. The fraction of sp³-hybridized carbons (Fsp3) is 0.188. The molecular formula is C16H14ClN3S. The molecule has 0 radical (unpaired) electrons. The summed E-state index contributed by atoms with van der Waals surface area (Å²) in [4.78, 5) is 1.42. The van der Waals surface area contributed by atoms with Crippen molar-refractivity contribution in [2.24, 2.45) is 0 Å². The Balaban J connectivity index is 1.53. The highest BCUT2D eigenvalue weighted by atomic mass is 35.5. The molecule has 1 atom stereocenters. The summed E-state index contributed by atoms with van der Waals surface area (Å²) >= 11 is 7.81. The van der Waals surface area contributed by atoms with Gasteiger partial charge < -0.3 is 5.32 Å². The summed E-state index contributed by atoms with van der Waals surface area (Å²) in [7, 11) is 0. The summed E-state index contributed by atoms with van der Waals surface area (Å²) < 4.78 is 2.75. The van der Waals surface area contributed by atoms with E-state index < -0.39 is 0 Å². The zero-order valence-electron chi connectivity index (χ0n) is 11.3. The van der Waals surface area contributed by atoms with Gasteiger partial charge in [-0.2, -0.15) is 5.10 Å². The number of hydrogen-bond acceptors (Lipinski definition) is 3. The molecule has 0 saturated carbocycles. The van der Waals surface area contributed by atoms with Crippen LogP contribution >= 0.6 is 22.9 Å². The Bertz CT molecular complexity index is 746. The van der Waals surface area contributed by atoms with Gasteiger partial charge in [0, 0.05) is 23.0 Å². The monoisotopic (exact) mass is 315 g/mol. The number of aromatic nitrogens is 2. The summed E-state index contributed by atoms with van der Waals surface area (Å²) in [6.45, 7) is 0. The van der Waals surface area contributed by atoms with E-state index >= 15 is 0 Å². The molecular weight excluding hydrogens is 302 g/mol. The van der Waals surface area contributed by atoms with Gasteiger partial charge in [0.25, 0.3) is 0 Å². The first-order valence-electron chi connectivity index (χ1n) is 6.94. The lowest BCUT2D eigenvalue weighted by molar-refractivity contribution is 0.762. The van der Waals surface area contributed by atoms with Gasteiger partial charge >= 0.3 is 0 Å². The Morgan fingerprint density at radius 2 is 2.14 bits per heavy atom. The SMILES string of the molecule is Clc1cc2c(s1)CCC2Nc1ccc(-n2cccn2)cc1. The molecule has 3 nitrogen and oxygen atoms in total. The van der Waals surface area contributed by atoms with Crippen LogP contribution in [-0.4, -0.2) is 9.78 Å². The minimum Gasteiger partial charge on any atom is -0.378 e. The van der Waals surface area contributed by atoms with Gasteiger partial charge in [0.05, 0.1) is 16.1 Å². The minimum absolute atomic E-state index is 0.374. The van der Waals surface area contributed by atoms with E-state index in [-0.39, 0.29) is 0 Å². The van der Waals surface area contributed by atoms with Crippen molar-refractivity contribution in [2.75, 3.05) is 5.32 Å². The number of fused-ring (bicyclic) bond motifs is 1. The molecule has 3 aromatic rings. The molecule has 0 aliphatic heterocycles. The molecule has 21 heavy (non-hydrogen) atoms. The Morgan fingerprint density at radius 1 is 1.29 bits per heavy atom. The molecule has 0 spiro atoms. The molecule has 4 rings (SSSR count). The van der Waals surface area contributed by atoms with Crippen molar-refractivity contribution in [3.8, 4) is 5.69 Å². The predicted molar refractivity (Wildman–Crippen MR) is 87.6 cm³/mol. The average Bonchev–Trinajstić information content (AvgIpc) is 3.19. The van der Waals surface area contributed by atoms with E-state index in [4.69, 9.17) is 11.6 Å². The van der Waals surface area contributed by atoms with E-state index in [1.165, 1.54) is 10.4 Å². The van der Waals surface area contributed by atoms with Gasteiger partial charge in [-0.25, -0.2) is 4.68 Å². The number of thiophene rings is 1. The number of benzene rings is 1. The molecule has 5 heteroatoms. The predicted octanol–water partition coefficient (Wildman–Crippen LogP) is 4.69. The van der Waals surface area contributed by atoms with Crippen LogP contribution in [0.3, 0.4) is 0 Å². The van der Waals surface area contributed by atoms with Crippen molar-refractivity contribution in [1.82, 2.24) is 9.78 Å². The summed E-state index contributed by atoms with van der Waals surface area (Å²) in [5, 5.41) is 7.84. The standard InChI is InChI=1S/C16H14ClN3S/c17-16-10-13-14(6-7-15(13)21-16)19-11-2-4-12(5-3-11)20-9-1-8-18-20/h1-5,8-10,14,19H,6-7H2. The van der Waals surface area contributed by atoms with Crippen molar-refractivity contribution in [2.45, 2.75) is 18.9 Å². The maximum absolute atomic E-state index is 6.11. The largest absolute Gasteiger partial charge is 0.378 e. The number of nitrogens with zero attached hydrogens (tertiary/aromatic N) is 2. The van der Waals surface area contributed by atoms with E-state index in [2.05, 4.69) is 40.7 Å². The first kappa shape index (κ1) is 12.9. The summed E-state index contributed by atoms with van der Waals surface area (Å²) in [6, 6.07) is 12.7. The topological polar surface area (TPSA) is 29.9 Å². The minimum atomic E-state index is 0.374. The van der Waals surface area contributed by atoms with Crippen LogP contribution in [0.2, 0.25) is 4.34 Å². The van der Waals surface area contributed by atoms with Gasteiger partial charge in [-0.05, 0) is 54.8 Å². The zero-order valence-corrected chi connectivity index (χ0v) is 12.9. The van der Waals surface area contributed by atoms with Crippen molar-refractivity contribution in [3.63, 3.8) is 0 Å². The average molecular weight is 316 g/mol. The van der Waals surface area contributed by atoms with E-state index in [1.807, 2.05) is 16.9 Å². The number of anilines is 1. The van der Waals surface area contributed by atoms with Crippen molar-refractivity contribution < 1.29 is 0 Å². The summed E-state index contributed by atoms with van der Waals surface area (Å²) in [5.74, 6) is 0. The second-order valence-electron chi connectivity index (χ2n) is 5.16.